The molecule has 0 spiro atoms. The van der Waals surface area contributed by atoms with Crippen LogP contribution in [-0.4, -0.2) is 0 Å². The fourth-order valence-electron chi connectivity index (χ4n) is 2.72. The fourth-order valence-corrected chi connectivity index (χ4v) is 2.72. The number of hydrogen-bond acceptors (Lipinski definition) is 0. The van der Waals surface area contributed by atoms with Crippen LogP contribution in [0.2, 0.25) is 0 Å². The second-order valence-electron chi connectivity index (χ2n) is 4.16. The third-order valence-electron chi connectivity index (χ3n) is 3.40. The van der Waals surface area contributed by atoms with Crippen molar-refractivity contribution in [1.29, 1.82) is 0 Å². The molecular weight excluding hydrogens is 180 g/mol. The summed E-state index contributed by atoms with van der Waals surface area (Å²) < 4.78 is 0. The van der Waals surface area contributed by atoms with Crippen molar-refractivity contribution < 1.29 is 0 Å². The fraction of sp³-hybridized carbons (Fsp3) is 0.467. The largest absolute Gasteiger partial charge is 0.0804 e. The number of benzene rings is 1. The molecule has 0 N–H and O–H groups in total. The molecule has 0 saturated carbocycles. The van der Waals surface area contributed by atoms with Crippen LogP contribution >= 0.6 is 0 Å². The Morgan fingerprint density at radius 1 is 1.00 bits per heavy atom. The average Bonchev–Trinajstić information content (AvgIpc) is 2.71. The Morgan fingerprint density at radius 2 is 1.80 bits per heavy atom. The van der Waals surface area contributed by atoms with E-state index in [0.29, 0.717) is 0 Å². The zero-order chi connectivity index (χ0) is 10.8. The Bertz CT molecular complexity index is 397. The minimum Gasteiger partial charge on any atom is -0.0804 e. The monoisotopic (exact) mass is 200 g/mol. The van der Waals surface area contributed by atoms with E-state index in [9.17, 15) is 0 Å². The van der Waals surface area contributed by atoms with Gasteiger partial charge in [-0.2, -0.15) is 0 Å². The molecule has 2 aliphatic rings. The molecule has 1 aromatic carbocycles. The third kappa shape index (κ3) is 1.62. The summed E-state index contributed by atoms with van der Waals surface area (Å²) in [4.78, 5) is 0. The summed E-state index contributed by atoms with van der Waals surface area (Å²) in [6.45, 7) is 6.25. The highest BCUT2D eigenvalue weighted by atomic mass is 14.3. The molecule has 1 aromatic rings. The van der Waals surface area contributed by atoms with Crippen molar-refractivity contribution in [2.75, 3.05) is 0 Å². The van der Waals surface area contributed by atoms with E-state index < -0.39 is 0 Å². The lowest BCUT2D eigenvalue weighted by molar-refractivity contribution is 0.962. The van der Waals surface area contributed by atoms with Crippen molar-refractivity contribution in [3.8, 4) is 0 Å². The number of rotatable bonds is 0. The van der Waals surface area contributed by atoms with Gasteiger partial charge in [0.1, 0.15) is 0 Å². The van der Waals surface area contributed by atoms with Crippen LogP contribution in [0.1, 0.15) is 48.9 Å². The summed E-state index contributed by atoms with van der Waals surface area (Å²) >= 11 is 0. The highest BCUT2D eigenvalue weighted by Crippen LogP contribution is 2.39. The van der Waals surface area contributed by atoms with E-state index in [4.69, 9.17) is 0 Å². The molecular formula is C15H20. The van der Waals surface area contributed by atoms with Crippen LogP contribution < -0.4 is 0 Å². The minimum atomic E-state index is 1.26. The SMILES string of the molecule is CC.Cc1ccc2c3c1CCC=C3CC2. The first-order chi connectivity index (χ1) is 7.36. The van der Waals surface area contributed by atoms with Crippen LogP contribution in [0.25, 0.3) is 5.57 Å². The zero-order valence-corrected chi connectivity index (χ0v) is 10.1. The molecule has 80 valence electrons. The third-order valence-corrected chi connectivity index (χ3v) is 3.40. The van der Waals surface area contributed by atoms with Crippen molar-refractivity contribution in [2.24, 2.45) is 0 Å². The molecule has 0 radical (unpaired) electrons. The molecule has 0 nitrogen and oxygen atoms in total. The minimum absolute atomic E-state index is 1.26. The van der Waals surface area contributed by atoms with Gasteiger partial charge in [0.25, 0.3) is 0 Å². The van der Waals surface area contributed by atoms with Crippen molar-refractivity contribution in [1.82, 2.24) is 0 Å². The molecule has 0 heteroatoms. The van der Waals surface area contributed by atoms with Gasteiger partial charge in [0.2, 0.25) is 0 Å². The van der Waals surface area contributed by atoms with E-state index >= 15 is 0 Å². The van der Waals surface area contributed by atoms with Crippen LogP contribution in [-0.2, 0) is 12.8 Å². The average molecular weight is 200 g/mol. The van der Waals surface area contributed by atoms with Gasteiger partial charge in [-0.25, -0.2) is 0 Å². The molecule has 0 heterocycles. The van der Waals surface area contributed by atoms with Crippen molar-refractivity contribution in [3.05, 3.63) is 40.5 Å². The Balaban J connectivity index is 0.000000404. The Labute approximate surface area is 93.0 Å². The smallest absolute Gasteiger partial charge is 0.0160 e. The molecule has 0 bridgehead atoms. The van der Waals surface area contributed by atoms with Crippen molar-refractivity contribution in [3.63, 3.8) is 0 Å². The lowest BCUT2D eigenvalue weighted by Crippen LogP contribution is -2.00. The molecule has 0 fully saturated rings. The van der Waals surface area contributed by atoms with Crippen LogP contribution in [0.15, 0.2) is 18.2 Å². The lowest BCUT2D eigenvalue weighted by atomic mass is 9.88. The van der Waals surface area contributed by atoms with Crippen LogP contribution in [0.4, 0.5) is 0 Å². The van der Waals surface area contributed by atoms with Crippen molar-refractivity contribution >= 4 is 5.57 Å². The van der Waals surface area contributed by atoms with Gasteiger partial charge < -0.3 is 0 Å². The van der Waals surface area contributed by atoms with E-state index in [0.717, 1.165) is 0 Å². The first kappa shape index (κ1) is 10.5. The summed E-state index contributed by atoms with van der Waals surface area (Å²) in [5.41, 5.74) is 7.96. The molecule has 0 unspecified atom stereocenters. The molecule has 0 aliphatic heterocycles. The zero-order valence-electron chi connectivity index (χ0n) is 10.1. The van der Waals surface area contributed by atoms with Gasteiger partial charge in [-0.3, -0.25) is 0 Å². The topological polar surface area (TPSA) is 0 Å². The molecule has 0 amide bonds. The van der Waals surface area contributed by atoms with Gasteiger partial charge in [0, 0.05) is 0 Å². The lowest BCUT2D eigenvalue weighted by Gasteiger charge is -2.16. The maximum atomic E-state index is 2.44. The second-order valence-corrected chi connectivity index (χ2v) is 4.16. The maximum Gasteiger partial charge on any atom is -0.0160 e. The summed E-state index contributed by atoms with van der Waals surface area (Å²) in [6.07, 6.45) is 7.52. The van der Waals surface area contributed by atoms with Gasteiger partial charge in [0.15, 0.2) is 0 Å². The second kappa shape index (κ2) is 4.22. The predicted octanol–water partition coefficient (Wildman–Crippen LogP) is 4.30. The van der Waals surface area contributed by atoms with E-state index in [2.05, 4.69) is 25.1 Å². The molecule has 0 saturated heterocycles. The van der Waals surface area contributed by atoms with E-state index in [1.54, 1.807) is 22.3 Å². The standard InChI is InChI=1S/C13H14.C2H6/c1-9-5-6-11-8-7-10-3-2-4-12(9)13(10)11;1-2/h3,5-6H,2,4,7-8H2,1H3;1-2H3. The van der Waals surface area contributed by atoms with Gasteiger partial charge >= 0.3 is 0 Å². The molecule has 0 atom stereocenters. The van der Waals surface area contributed by atoms with Crippen LogP contribution in [0.5, 0.6) is 0 Å². The normalized spacial score (nSPS) is 16.3. The predicted molar refractivity (Wildman–Crippen MR) is 67.1 cm³/mol. The van der Waals surface area contributed by atoms with E-state index in [1.165, 1.54) is 31.2 Å². The van der Waals surface area contributed by atoms with E-state index in [1.807, 2.05) is 13.8 Å². The maximum absolute atomic E-state index is 2.44. The van der Waals surface area contributed by atoms with Crippen LogP contribution in [0.3, 0.4) is 0 Å². The molecule has 3 rings (SSSR count). The number of allylic oxidation sites excluding steroid dienone is 2. The quantitative estimate of drug-likeness (QED) is 0.586. The first-order valence-corrected chi connectivity index (χ1v) is 6.17. The summed E-state index contributed by atoms with van der Waals surface area (Å²) in [5, 5.41) is 0. The van der Waals surface area contributed by atoms with Gasteiger partial charge in [-0.15, -0.1) is 0 Å². The molecule has 0 aromatic heterocycles. The van der Waals surface area contributed by atoms with E-state index in [-0.39, 0.29) is 0 Å². The van der Waals surface area contributed by atoms with Crippen molar-refractivity contribution in [2.45, 2.75) is 46.5 Å². The first-order valence-electron chi connectivity index (χ1n) is 6.17. The van der Waals surface area contributed by atoms with Gasteiger partial charge in [-0.05, 0) is 60.4 Å². The molecule has 15 heavy (non-hydrogen) atoms. The van der Waals surface area contributed by atoms with Gasteiger partial charge in [-0.1, -0.05) is 32.1 Å². The Morgan fingerprint density at radius 3 is 2.60 bits per heavy atom. The van der Waals surface area contributed by atoms with Gasteiger partial charge in [0.05, 0.1) is 0 Å². The highest BCUT2D eigenvalue weighted by molar-refractivity contribution is 5.77. The summed E-state index contributed by atoms with van der Waals surface area (Å²) in [6, 6.07) is 4.61. The number of hydrogen-bond donors (Lipinski definition) is 0. The molecule has 2 aliphatic carbocycles. The summed E-state index contributed by atoms with van der Waals surface area (Å²) in [5.74, 6) is 0. The summed E-state index contributed by atoms with van der Waals surface area (Å²) in [7, 11) is 0. The Kier molecular flexibility index (Phi) is 2.95. The highest BCUT2D eigenvalue weighted by Gasteiger charge is 2.22. The van der Waals surface area contributed by atoms with Crippen LogP contribution in [0, 0.1) is 6.92 Å². The Hall–Kier alpha value is -1.04. The number of aryl methyl sites for hydroxylation is 2.